The summed E-state index contributed by atoms with van der Waals surface area (Å²) in [7, 11) is 0. The summed E-state index contributed by atoms with van der Waals surface area (Å²) in [6, 6.07) is 23.7. The number of hydrogen-bond donors (Lipinski definition) is 2. The lowest BCUT2D eigenvalue weighted by molar-refractivity contribution is -0.117. The fourth-order valence-electron chi connectivity index (χ4n) is 5.44. The summed E-state index contributed by atoms with van der Waals surface area (Å²) >= 11 is 1.68. The molecule has 0 saturated carbocycles. The molecule has 6 nitrogen and oxygen atoms in total. The number of aromatic nitrogens is 1. The van der Waals surface area contributed by atoms with E-state index in [-0.39, 0.29) is 17.4 Å². The van der Waals surface area contributed by atoms with E-state index in [0.717, 1.165) is 77.3 Å². The second kappa shape index (κ2) is 12.8. The lowest BCUT2D eigenvalue weighted by atomic mass is 9.95. The van der Waals surface area contributed by atoms with Crippen LogP contribution in [-0.2, 0) is 24.1 Å². The van der Waals surface area contributed by atoms with E-state index >= 15 is 0 Å². The van der Waals surface area contributed by atoms with Crippen LogP contribution in [0.4, 0.5) is 5.69 Å². The smallest absolute Gasteiger partial charge is 0.261 e. The Morgan fingerprint density at radius 3 is 2.46 bits per heavy atom. The number of carbonyl (C=O) groups is 2. The van der Waals surface area contributed by atoms with Crippen molar-refractivity contribution in [3.63, 3.8) is 0 Å². The van der Waals surface area contributed by atoms with Crippen molar-refractivity contribution in [3.05, 3.63) is 111 Å². The zero-order valence-electron chi connectivity index (χ0n) is 23.5. The van der Waals surface area contributed by atoms with Crippen LogP contribution in [0.5, 0.6) is 0 Å². The summed E-state index contributed by atoms with van der Waals surface area (Å²) in [5, 5.41) is 16.7. The average molecular weight is 563 g/mol. The average Bonchev–Trinajstić information content (AvgIpc) is 3.50. The molecule has 0 bridgehead atoms. The van der Waals surface area contributed by atoms with Crippen LogP contribution in [0.1, 0.15) is 62.6 Å². The largest absolute Gasteiger partial charge is 0.351 e. The van der Waals surface area contributed by atoms with E-state index in [4.69, 9.17) is 0 Å². The van der Waals surface area contributed by atoms with Crippen molar-refractivity contribution in [1.29, 1.82) is 5.26 Å². The van der Waals surface area contributed by atoms with Crippen LogP contribution in [0.25, 0.3) is 11.1 Å². The van der Waals surface area contributed by atoms with Crippen molar-refractivity contribution >= 4 is 34.9 Å². The zero-order valence-corrected chi connectivity index (χ0v) is 24.3. The van der Waals surface area contributed by atoms with Gasteiger partial charge in [-0.2, -0.15) is 5.26 Å². The second-order valence-electron chi connectivity index (χ2n) is 10.4. The Balaban J connectivity index is 1.40. The Morgan fingerprint density at radius 2 is 1.73 bits per heavy atom. The molecule has 0 saturated heterocycles. The van der Waals surface area contributed by atoms with E-state index < -0.39 is 0 Å². The van der Waals surface area contributed by atoms with Gasteiger partial charge in [0.1, 0.15) is 16.6 Å². The molecule has 2 heterocycles. The van der Waals surface area contributed by atoms with Crippen molar-refractivity contribution in [2.75, 3.05) is 11.9 Å². The SMILES string of the molecule is Cc1cc(/C=C(/C#N)C(=O)NCCCc2ccccc2)c(C)n1-c1sc2c(c1C(=O)Nc1ccccc1)CCCC2. The van der Waals surface area contributed by atoms with Crippen molar-refractivity contribution in [2.24, 2.45) is 0 Å². The fraction of sp³-hybridized carbons (Fsp3) is 0.265. The number of nitrogens with zero attached hydrogens (tertiary/aromatic N) is 2. The van der Waals surface area contributed by atoms with Gasteiger partial charge in [-0.25, -0.2) is 0 Å². The van der Waals surface area contributed by atoms with E-state index in [1.807, 2.05) is 68.4 Å². The van der Waals surface area contributed by atoms with E-state index in [1.54, 1.807) is 17.4 Å². The predicted octanol–water partition coefficient (Wildman–Crippen LogP) is 6.94. The highest BCUT2D eigenvalue weighted by molar-refractivity contribution is 7.15. The van der Waals surface area contributed by atoms with Gasteiger partial charge in [-0.3, -0.25) is 9.59 Å². The molecule has 4 aromatic rings. The number of hydrogen-bond acceptors (Lipinski definition) is 4. The number of rotatable bonds is 9. The van der Waals surface area contributed by atoms with Gasteiger partial charge in [-0.15, -0.1) is 11.3 Å². The molecule has 208 valence electrons. The van der Waals surface area contributed by atoms with Gasteiger partial charge < -0.3 is 15.2 Å². The number of amides is 2. The summed E-state index contributed by atoms with van der Waals surface area (Å²) in [4.78, 5) is 27.8. The van der Waals surface area contributed by atoms with Gasteiger partial charge in [0.25, 0.3) is 11.8 Å². The molecule has 7 heteroatoms. The fourth-order valence-corrected chi connectivity index (χ4v) is 6.94. The summed E-state index contributed by atoms with van der Waals surface area (Å²) in [6.45, 7) is 4.47. The molecule has 0 unspecified atom stereocenters. The molecule has 2 aromatic heterocycles. The third-order valence-electron chi connectivity index (χ3n) is 7.52. The number of anilines is 1. The summed E-state index contributed by atoms with van der Waals surface area (Å²) < 4.78 is 2.10. The first-order valence-electron chi connectivity index (χ1n) is 14.1. The van der Waals surface area contributed by atoms with Crippen LogP contribution < -0.4 is 10.6 Å². The molecule has 1 aliphatic rings. The van der Waals surface area contributed by atoms with Gasteiger partial charge in [0.05, 0.1) is 5.56 Å². The highest BCUT2D eigenvalue weighted by Crippen LogP contribution is 2.39. The van der Waals surface area contributed by atoms with Crippen molar-refractivity contribution < 1.29 is 9.59 Å². The summed E-state index contributed by atoms with van der Waals surface area (Å²) in [5.41, 5.74) is 6.54. The molecular formula is C34H34N4O2S. The molecule has 0 atom stereocenters. The first kappa shape index (κ1) is 28.1. The molecule has 0 aliphatic heterocycles. The maximum atomic E-state index is 13.7. The van der Waals surface area contributed by atoms with Gasteiger partial charge in [-0.1, -0.05) is 48.5 Å². The second-order valence-corrected chi connectivity index (χ2v) is 11.5. The quantitative estimate of drug-likeness (QED) is 0.132. The van der Waals surface area contributed by atoms with Crippen molar-refractivity contribution in [1.82, 2.24) is 9.88 Å². The van der Waals surface area contributed by atoms with E-state index in [0.29, 0.717) is 6.54 Å². The Labute approximate surface area is 245 Å². The highest BCUT2D eigenvalue weighted by atomic mass is 32.1. The maximum Gasteiger partial charge on any atom is 0.261 e. The standard InChI is InChI=1S/C34H34N4O2S/c1-23-20-26(21-27(22-35)32(39)36-19-11-14-25-12-5-3-6-13-25)24(2)38(23)34-31(29-17-9-10-18-30(29)41-34)33(40)37-28-15-7-4-8-16-28/h3-8,12-13,15-16,20-21H,9-11,14,17-19H2,1-2H3,(H,36,39)(H,37,40)/b27-21-. The molecule has 2 N–H and O–H groups in total. The lowest BCUT2D eigenvalue weighted by Gasteiger charge is -2.14. The lowest BCUT2D eigenvalue weighted by Crippen LogP contribution is -2.25. The molecule has 0 radical (unpaired) electrons. The predicted molar refractivity (Wildman–Crippen MR) is 166 cm³/mol. The number of nitrogens with one attached hydrogen (secondary N) is 2. The first-order chi connectivity index (χ1) is 20.0. The maximum absolute atomic E-state index is 13.7. The van der Waals surface area contributed by atoms with Gasteiger partial charge in [0.15, 0.2) is 0 Å². The van der Waals surface area contributed by atoms with Crippen LogP contribution in [-0.4, -0.2) is 22.9 Å². The third-order valence-corrected chi connectivity index (χ3v) is 8.80. The molecule has 0 spiro atoms. The Bertz CT molecular complexity index is 1620. The van der Waals surface area contributed by atoms with Gasteiger partial charge in [-0.05, 0) is 93.3 Å². The first-order valence-corrected chi connectivity index (χ1v) is 14.9. The van der Waals surface area contributed by atoms with Crippen LogP contribution in [0.15, 0.2) is 72.3 Å². The van der Waals surface area contributed by atoms with Crippen molar-refractivity contribution in [3.8, 4) is 11.1 Å². The Kier molecular flexibility index (Phi) is 8.81. The minimum absolute atomic E-state index is 0.0671. The number of para-hydroxylation sites is 1. The molecule has 1 aliphatic carbocycles. The summed E-state index contributed by atoms with van der Waals surface area (Å²) in [6.07, 6.45) is 7.36. The van der Waals surface area contributed by atoms with Crippen LogP contribution in [0, 0.1) is 25.2 Å². The molecule has 0 fully saturated rings. The zero-order chi connectivity index (χ0) is 28.8. The van der Waals surface area contributed by atoms with E-state index in [2.05, 4.69) is 33.4 Å². The Hall–Kier alpha value is -4.41. The number of fused-ring (bicyclic) bond motifs is 1. The number of carbonyl (C=O) groups excluding carboxylic acids is 2. The number of benzene rings is 2. The topological polar surface area (TPSA) is 86.9 Å². The molecule has 2 aromatic carbocycles. The van der Waals surface area contributed by atoms with E-state index in [9.17, 15) is 14.9 Å². The van der Waals surface area contributed by atoms with Gasteiger partial charge in [0.2, 0.25) is 0 Å². The Morgan fingerprint density at radius 1 is 1.02 bits per heavy atom. The highest BCUT2D eigenvalue weighted by Gasteiger charge is 2.28. The summed E-state index contributed by atoms with van der Waals surface area (Å²) in [5.74, 6) is -0.484. The van der Waals surface area contributed by atoms with E-state index in [1.165, 1.54) is 10.4 Å². The van der Waals surface area contributed by atoms with Crippen molar-refractivity contribution in [2.45, 2.75) is 52.4 Å². The molecule has 5 rings (SSSR count). The number of nitriles is 1. The van der Waals surface area contributed by atoms with Crippen LogP contribution in [0.3, 0.4) is 0 Å². The monoisotopic (exact) mass is 562 g/mol. The molecule has 2 amide bonds. The van der Waals surface area contributed by atoms with Gasteiger partial charge >= 0.3 is 0 Å². The van der Waals surface area contributed by atoms with Crippen LogP contribution in [0.2, 0.25) is 0 Å². The third kappa shape index (κ3) is 6.34. The molecule has 41 heavy (non-hydrogen) atoms. The van der Waals surface area contributed by atoms with Gasteiger partial charge in [0, 0.05) is 28.5 Å². The minimum atomic E-state index is -0.375. The minimum Gasteiger partial charge on any atom is -0.351 e. The molecular weight excluding hydrogens is 528 g/mol. The normalized spacial score (nSPS) is 12.9. The number of aryl methyl sites for hydroxylation is 3. The number of thiophene rings is 1. The van der Waals surface area contributed by atoms with Crippen LogP contribution >= 0.6 is 11.3 Å².